The molecule has 0 aliphatic rings. The molecule has 29 heavy (non-hydrogen) atoms. The fraction of sp³-hybridized carbons (Fsp3) is 0.190. The van der Waals surface area contributed by atoms with Crippen molar-refractivity contribution < 1.29 is 18.0 Å². The van der Waals surface area contributed by atoms with Crippen LogP contribution in [-0.4, -0.2) is 15.7 Å². The number of aryl methyl sites for hydroxylation is 1. The van der Waals surface area contributed by atoms with Gasteiger partial charge < -0.3 is 5.32 Å². The largest absolute Gasteiger partial charge is 0.416 e. The van der Waals surface area contributed by atoms with Gasteiger partial charge in [0.2, 0.25) is 5.91 Å². The van der Waals surface area contributed by atoms with Crippen LogP contribution in [0.5, 0.6) is 0 Å². The first kappa shape index (κ1) is 20.3. The van der Waals surface area contributed by atoms with Crippen molar-refractivity contribution in [2.24, 2.45) is 0 Å². The minimum atomic E-state index is -4.47. The molecule has 8 heteroatoms. The van der Waals surface area contributed by atoms with E-state index in [1.54, 1.807) is 6.07 Å². The number of anilines is 1. The Morgan fingerprint density at radius 2 is 1.76 bits per heavy atom. The molecule has 0 saturated carbocycles. The summed E-state index contributed by atoms with van der Waals surface area (Å²) in [6.07, 6.45) is -4.12. The number of nitrogens with zero attached hydrogens (tertiary/aromatic N) is 2. The van der Waals surface area contributed by atoms with Crippen molar-refractivity contribution in [3.8, 4) is 11.3 Å². The summed E-state index contributed by atoms with van der Waals surface area (Å²) >= 11 is 0. The van der Waals surface area contributed by atoms with Crippen LogP contribution in [0, 0.1) is 0 Å². The van der Waals surface area contributed by atoms with E-state index in [0.29, 0.717) is 12.1 Å². The first-order valence-electron chi connectivity index (χ1n) is 8.93. The Morgan fingerprint density at radius 1 is 1.00 bits per heavy atom. The molecule has 0 saturated heterocycles. The van der Waals surface area contributed by atoms with E-state index in [0.717, 1.165) is 17.7 Å². The van der Waals surface area contributed by atoms with Gasteiger partial charge in [0.15, 0.2) is 0 Å². The number of hydrogen-bond donors (Lipinski definition) is 1. The van der Waals surface area contributed by atoms with E-state index in [1.165, 1.54) is 22.9 Å². The van der Waals surface area contributed by atoms with Gasteiger partial charge in [-0.1, -0.05) is 36.4 Å². The van der Waals surface area contributed by atoms with Crippen LogP contribution in [0.2, 0.25) is 0 Å². The molecule has 1 heterocycles. The molecule has 1 N–H and O–H groups in total. The Morgan fingerprint density at radius 3 is 2.48 bits per heavy atom. The van der Waals surface area contributed by atoms with E-state index in [9.17, 15) is 22.8 Å². The number of carbonyl (C=O) groups excluding carboxylic acids is 1. The summed E-state index contributed by atoms with van der Waals surface area (Å²) < 4.78 is 39.5. The highest BCUT2D eigenvalue weighted by Gasteiger charge is 2.30. The third-order valence-corrected chi connectivity index (χ3v) is 4.18. The Kier molecular flexibility index (Phi) is 6.11. The van der Waals surface area contributed by atoms with Crippen LogP contribution in [0.15, 0.2) is 71.5 Å². The summed E-state index contributed by atoms with van der Waals surface area (Å²) in [5.74, 6) is -0.434. The molecule has 0 spiro atoms. The van der Waals surface area contributed by atoms with Gasteiger partial charge in [-0.05, 0) is 30.7 Å². The second kappa shape index (κ2) is 8.72. The normalized spacial score (nSPS) is 11.3. The van der Waals surface area contributed by atoms with Gasteiger partial charge in [-0.25, -0.2) is 4.68 Å². The third kappa shape index (κ3) is 5.54. The highest BCUT2D eigenvalue weighted by atomic mass is 19.4. The number of amides is 1. The molecule has 1 aromatic heterocycles. The zero-order valence-corrected chi connectivity index (χ0v) is 15.3. The number of hydrogen-bond acceptors (Lipinski definition) is 3. The zero-order valence-electron chi connectivity index (χ0n) is 15.3. The summed E-state index contributed by atoms with van der Waals surface area (Å²) in [5, 5.41) is 6.76. The lowest BCUT2D eigenvalue weighted by Crippen LogP contribution is -2.23. The van der Waals surface area contributed by atoms with Crippen LogP contribution in [0.25, 0.3) is 11.3 Å². The quantitative estimate of drug-likeness (QED) is 0.668. The van der Waals surface area contributed by atoms with Crippen LogP contribution in [-0.2, 0) is 17.5 Å². The zero-order chi connectivity index (χ0) is 20.9. The standard InChI is InChI=1S/C21H18F3N3O2/c22-21(23,24)16-8-4-9-17(14-16)25-19(28)10-5-13-27-20(29)12-11-18(26-27)15-6-2-1-3-7-15/h1-4,6-9,11-12,14H,5,10,13H2,(H,25,28). The van der Waals surface area contributed by atoms with Crippen molar-refractivity contribution in [3.63, 3.8) is 0 Å². The summed E-state index contributed by atoms with van der Waals surface area (Å²) in [6.45, 7) is 0.218. The highest BCUT2D eigenvalue weighted by Crippen LogP contribution is 2.30. The van der Waals surface area contributed by atoms with Crippen LogP contribution in [0.3, 0.4) is 0 Å². The topological polar surface area (TPSA) is 64.0 Å². The molecule has 0 radical (unpaired) electrons. The SMILES string of the molecule is O=C(CCCn1nc(-c2ccccc2)ccc1=O)Nc1cccc(C(F)(F)F)c1. The Labute approximate surface area is 164 Å². The highest BCUT2D eigenvalue weighted by molar-refractivity contribution is 5.90. The molecule has 0 unspecified atom stereocenters. The Bertz CT molecular complexity index is 1050. The van der Waals surface area contributed by atoms with Gasteiger partial charge in [-0.15, -0.1) is 0 Å². The maximum atomic E-state index is 12.7. The number of nitrogens with one attached hydrogen (secondary N) is 1. The summed E-state index contributed by atoms with van der Waals surface area (Å²) in [5.41, 5.74) is 0.458. The van der Waals surface area contributed by atoms with E-state index in [2.05, 4.69) is 10.4 Å². The lowest BCUT2D eigenvalue weighted by molar-refractivity contribution is -0.137. The number of rotatable bonds is 6. The molecule has 0 aliphatic carbocycles. The molecule has 0 fully saturated rings. The van der Waals surface area contributed by atoms with Crippen molar-refractivity contribution in [2.75, 3.05) is 5.32 Å². The maximum Gasteiger partial charge on any atom is 0.416 e. The second-order valence-corrected chi connectivity index (χ2v) is 6.38. The predicted octanol–water partition coefficient (Wildman–Crippen LogP) is 4.35. The fourth-order valence-corrected chi connectivity index (χ4v) is 2.76. The van der Waals surface area contributed by atoms with Gasteiger partial charge in [0, 0.05) is 30.3 Å². The molecular weight excluding hydrogens is 383 g/mol. The average Bonchev–Trinajstić information content (AvgIpc) is 2.69. The van der Waals surface area contributed by atoms with Crippen molar-refractivity contribution in [2.45, 2.75) is 25.6 Å². The minimum Gasteiger partial charge on any atom is -0.326 e. The summed E-state index contributed by atoms with van der Waals surface area (Å²) in [6, 6.07) is 16.9. The predicted molar refractivity (Wildman–Crippen MR) is 103 cm³/mol. The van der Waals surface area contributed by atoms with Gasteiger partial charge in [-0.2, -0.15) is 18.3 Å². The lowest BCUT2D eigenvalue weighted by atomic mass is 10.1. The van der Waals surface area contributed by atoms with Crippen LogP contribution < -0.4 is 10.9 Å². The van der Waals surface area contributed by atoms with E-state index in [1.807, 2.05) is 30.3 Å². The van der Waals surface area contributed by atoms with E-state index in [4.69, 9.17) is 0 Å². The molecule has 0 bridgehead atoms. The Hall–Kier alpha value is -3.42. The number of benzene rings is 2. The van der Waals surface area contributed by atoms with Gasteiger partial charge >= 0.3 is 6.18 Å². The van der Waals surface area contributed by atoms with E-state index < -0.39 is 17.6 Å². The Balaban J connectivity index is 1.59. The van der Waals surface area contributed by atoms with E-state index >= 15 is 0 Å². The molecule has 0 aliphatic heterocycles. The van der Waals surface area contributed by atoms with Crippen LogP contribution in [0.1, 0.15) is 18.4 Å². The van der Waals surface area contributed by atoms with Crippen LogP contribution >= 0.6 is 0 Å². The van der Waals surface area contributed by atoms with Gasteiger partial charge in [0.1, 0.15) is 0 Å². The smallest absolute Gasteiger partial charge is 0.326 e. The van der Waals surface area contributed by atoms with Crippen molar-refractivity contribution in [1.82, 2.24) is 9.78 Å². The molecule has 2 aromatic carbocycles. The lowest BCUT2D eigenvalue weighted by Gasteiger charge is -2.10. The molecule has 3 rings (SSSR count). The van der Waals surface area contributed by atoms with Crippen LogP contribution in [0.4, 0.5) is 18.9 Å². The monoisotopic (exact) mass is 401 g/mol. The maximum absolute atomic E-state index is 12.7. The molecule has 5 nitrogen and oxygen atoms in total. The number of aromatic nitrogens is 2. The molecule has 1 amide bonds. The summed E-state index contributed by atoms with van der Waals surface area (Å²) in [4.78, 5) is 24.0. The number of alkyl halides is 3. The average molecular weight is 401 g/mol. The third-order valence-electron chi connectivity index (χ3n) is 4.18. The number of carbonyl (C=O) groups is 1. The van der Waals surface area contributed by atoms with Crippen molar-refractivity contribution >= 4 is 11.6 Å². The summed E-state index contributed by atoms with van der Waals surface area (Å²) in [7, 11) is 0. The second-order valence-electron chi connectivity index (χ2n) is 6.38. The molecular formula is C21H18F3N3O2. The molecule has 150 valence electrons. The van der Waals surface area contributed by atoms with Crippen molar-refractivity contribution in [3.05, 3.63) is 82.6 Å². The van der Waals surface area contributed by atoms with Gasteiger partial charge in [-0.3, -0.25) is 9.59 Å². The van der Waals surface area contributed by atoms with E-state index in [-0.39, 0.29) is 24.2 Å². The fourth-order valence-electron chi connectivity index (χ4n) is 2.76. The molecule has 0 atom stereocenters. The van der Waals surface area contributed by atoms with Gasteiger partial charge in [0.25, 0.3) is 5.56 Å². The number of halogens is 3. The minimum absolute atomic E-state index is 0.0416. The van der Waals surface area contributed by atoms with Crippen molar-refractivity contribution in [1.29, 1.82) is 0 Å². The first-order valence-corrected chi connectivity index (χ1v) is 8.93. The first-order chi connectivity index (χ1) is 13.8. The van der Waals surface area contributed by atoms with Gasteiger partial charge in [0.05, 0.1) is 11.3 Å². The molecule has 3 aromatic rings.